The number of nitrogens with two attached hydrogens (primary N) is 1. The number of nitrogens with zero attached hydrogens (tertiary/aromatic N) is 5. The Kier molecular flexibility index (Phi) is 4.25. The first kappa shape index (κ1) is 17.0. The number of nitriles is 1. The van der Waals surface area contributed by atoms with Crippen LogP contribution in [0.4, 0.5) is 5.82 Å². The summed E-state index contributed by atoms with van der Waals surface area (Å²) in [5, 5.41) is 18.3. The zero-order valence-electron chi connectivity index (χ0n) is 13.3. The number of aromatic nitrogens is 4. The van der Waals surface area contributed by atoms with Gasteiger partial charge >= 0.3 is 0 Å². The van der Waals surface area contributed by atoms with Gasteiger partial charge in [0.1, 0.15) is 33.9 Å². The molecule has 25 heavy (non-hydrogen) atoms. The van der Waals surface area contributed by atoms with E-state index >= 15 is 0 Å². The summed E-state index contributed by atoms with van der Waals surface area (Å²) < 4.78 is 2.33. The summed E-state index contributed by atoms with van der Waals surface area (Å²) in [4.78, 5) is 12.9. The molecule has 126 valence electrons. The van der Waals surface area contributed by atoms with Crippen molar-refractivity contribution in [1.82, 2.24) is 19.6 Å². The van der Waals surface area contributed by atoms with Crippen molar-refractivity contribution >= 4 is 34.9 Å². The van der Waals surface area contributed by atoms with E-state index in [1.165, 1.54) is 4.68 Å². The van der Waals surface area contributed by atoms with E-state index in [9.17, 15) is 10.1 Å². The monoisotopic (exact) mass is 374 g/mol. The minimum absolute atomic E-state index is 0.0686. The number of halogens is 2. The van der Waals surface area contributed by atoms with Gasteiger partial charge in [-0.1, -0.05) is 41.4 Å². The third kappa shape index (κ3) is 2.65. The predicted molar refractivity (Wildman–Crippen MR) is 94.5 cm³/mol. The summed E-state index contributed by atoms with van der Waals surface area (Å²) in [6, 6.07) is 8.84. The van der Waals surface area contributed by atoms with Crippen LogP contribution in [-0.4, -0.2) is 25.5 Å². The van der Waals surface area contributed by atoms with Crippen molar-refractivity contribution in [2.24, 2.45) is 7.05 Å². The molecular weight excluding hydrogens is 363 g/mol. The third-order valence-corrected chi connectivity index (χ3v) is 4.48. The summed E-state index contributed by atoms with van der Waals surface area (Å²) in [5.74, 6) is -0.648. The largest absolute Gasteiger partial charge is 0.382 e. The van der Waals surface area contributed by atoms with E-state index in [0.717, 1.165) is 4.68 Å². The Morgan fingerprint density at radius 3 is 2.52 bits per heavy atom. The Hall–Kier alpha value is -2.82. The molecule has 3 aromatic rings. The lowest BCUT2D eigenvalue weighted by molar-refractivity contribution is 0.0947. The molecule has 3 rings (SSSR count). The number of benzene rings is 1. The zero-order chi connectivity index (χ0) is 18.3. The van der Waals surface area contributed by atoms with Crippen LogP contribution < -0.4 is 5.73 Å². The van der Waals surface area contributed by atoms with Crippen LogP contribution in [0.5, 0.6) is 0 Å². The van der Waals surface area contributed by atoms with Crippen LogP contribution in [0.1, 0.15) is 21.6 Å². The van der Waals surface area contributed by atoms with Gasteiger partial charge in [-0.15, -0.1) is 0 Å². The van der Waals surface area contributed by atoms with Gasteiger partial charge in [-0.3, -0.25) is 9.48 Å². The fraction of sp³-hybridized carbons (Fsp3) is 0.125. The average molecular weight is 375 g/mol. The van der Waals surface area contributed by atoms with Gasteiger partial charge in [-0.25, -0.2) is 0 Å². The third-order valence-electron chi connectivity index (χ3n) is 3.72. The highest BCUT2D eigenvalue weighted by atomic mass is 35.5. The van der Waals surface area contributed by atoms with Crippen LogP contribution in [0.2, 0.25) is 10.2 Å². The molecule has 0 amide bonds. The molecule has 0 unspecified atom stereocenters. The van der Waals surface area contributed by atoms with Crippen LogP contribution in [-0.2, 0) is 7.05 Å². The summed E-state index contributed by atoms with van der Waals surface area (Å²) in [6.07, 6.45) is 0. The Morgan fingerprint density at radius 1 is 1.28 bits per heavy atom. The Bertz CT molecular complexity index is 1040. The second-order valence-electron chi connectivity index (χ2n) is 5.29. The molecule has 2 aromatic heterocycles. The average Bonchev–Trinajstić information content (AvgIpc) is 3.03. The van der Waals surface area contributed by atoms with E-state index in [2.05, 4.69) is 10.2 Å². The van der Waals surface area contributed by atoms with Crippen molar-refractivity contribution in [1.29, 1.82) is 5.26 Å². The smallest absolute Gasteiger partial charge is 0.285 e. The van der Waals surface area contributed by atoms with Gasteiger partial charge in [0.2, 0.25) is 0 Å². The highest BCUT2D eigenvalue weighted by Gasteiger charge is 2.27. The second-order valence-corrected chi connectivity index (χ2v) is 6.06. The standard InChI is InChI=1S/C16H12Cl2N6O/c1-8-12(14(18)23(2)21-8)16(25)24-15(20)10(7-19)13(22-24)9-5-3-4-6-11(9)17/h3-6H,20H2,1-2H3. The lowest BCUT2D eigenvalue weighted by atomic mass is 10.1. The first-order valence-corrected chi connectivity index (χ1v) is 7.89. The molecule has 2 heterocycles. The molecule has 1 aromatic carbocycles. The van der Waals surface area contributed by atoms with Crippen molar-refractivity contribution in [3.8, 4) is 17.3 Å². The van der Waals surface area contributed by atoms with Crippen molar-refractivity contribution < 1.29 is 4.79 Å². The van der Waals surface area contributed by atoms with Gasteiger partial charge in [-0.2, -0.15) is 20.1 Å². The number of hydrogen-bond donors (Lipinski definition) is 1. The van der Waals surface area contributed by atoms with Crippen molar-refractivity contribution in [2.45, 2.75) is 6.92 Å². The van der Waals surface area contributed by atoms with Crippen LogP contribution in [0, 0.1) is 18.3 Å². The number of carbonyl (C=O) groups excluding carboxylic acids is 1. The van der Waals surface area contributed by atoms with E-state index < -0.39 is 5.91 Å². The minimum Gasteiger partial charge on any atom is -0.382 e. The zero-order valence-corrected chi connectivity index (χ0v) is 14.8. The number of carbonyl (C=O) groups is 1. The van der Waals surface area contributed by atoms with Gasteiger partial charge < -0.3 is 5.73 Å². The number of rotatable bonds is 2. The number of anilines is 1. The summed E-state index contributed by atoms with van der Waals surface area (Å²) in [6.45, 7) is 1.65. The number of nitrogen functional groups attached to an aromatic ring is 1. The first-order valence-electron chi connectivity index (χ1n) is 7.14. The molecule has 0 saturated carbocycles. The molecule has 0 aliphatic rings. The normalized spacial score (nSPS) is 10.7. The van der Waals surface area contributed by atoms with E-state index in [-0.39, 0.29) is 27.8 Å². The maximum absolute atomic E-state index is 12.9. The number of hydrogen-bond acceptors (Lipinski definition) is 5. The number of aryl methyl sites for hydroxylation is 2. The minimum atomic E-state index is -0.567. The quantitative estimate of drug-likeness (QED) is 0.742. The molecule has 0 saturated heterocycles. The molecule has 0 fully saturated rings. The molecule has 0 aliphatic carbocycles. The van der Waals surface area contributed by atoms with Gasteiger partial charge in [0.15, 0.2) is 0 Å². The van der Waals surface area contributed by atoms with E-state index in [0.29, 0.717) is 16.3 Å². The van der Waals surface area contributed by atoms with Crippen LogP contribution >= 0.6 is 23.2 Å². The molecule has 0 atom stereocenters. The molecule has 9 heteroatoms. The molecule has 2 N–H and O–H groups in total. The second kappa shape index (κ2) is 6.24. The summed E-state index contributed by atoms with van der Waals surface area (Å²) >= 11 is 12.3. The van der Waals surface area contributed by atoms with E-state index in [4.69, 9.17) is 28.9 Å². The van der Waals surface area contributed by atoms with Gasteiger partial charge in [0, 0.05) is 12.6 Å². The fourth-order valence-corrected chi connectivity index (χ4v) is 3.00. The Morgan fingerprint density at radius 2 is 1.96 bits per heavy atom. The molecule has 0 aliphatic heterocycles. The van der Waals surface area contributed by atoms with Gasteiger partial charge in [-0.05, 0) is 13.0 Å². The van der Waals surface area contributed by atoms with Crippen molar-refractivity contribution in [3.63, 3.8) is 0 Å². The van der Waals surface area contributed by atoms with Crippen LogP contribution in [0.25, 0.3) is 11.3 Å². The van der Waals surface area contributed by atoms with Crippen LogP contribution in [0.15, 0.2) is 24.3 Å². The molecule has 0 radical (unpaired) electrons. The highest BCUT2D eigenvalue weighted by Crippen LogP contribution is 2.32. The molecule has 0 bridgehead atoms. The van der Waals surface area contributed by atoms with Gasteiger partial charge in [0.25, 0.3) is 5.91 Å². The maximum atomic E-state index is 12.9. The summed E-state index contributed by atoms with van der Waals surface area (Å²) in [5.41, 5.74) is 7.41. The Labute approximate surface area is 153 Å². The summed E-state index contributed by atoms with van der Waals surface area (Å²) in [7, 11) is 1.62. The van der Waals surface area contributed by atoms with Crippen molar-refractivity contribution in [3.05, 3.63) is 51.3 Å². The van der Waals surface area contributed by atoms with Crippen molar-refractivity contribution in [2.75, 3.05) is 5.73 Å². The topological polar surface area (TPSA) is 103 Å². The van der Waals surface area contributed by atoms with E-state index in [1.54, 1.807) is 38.2 Å². The predicted octanol–water partition coefficient (Wildman–Crippen LogP) is 3.04. The Balaban J connectivity index is 2.21. The highest BCUT2D eigenvalue weighted by molar-refractivity contribution is 6.33. The van der Waals surface area contributed by atoms with E-state index in [1.807, 2.05) is 6.07 Å². The molecule has 0 spiro atoms. The SMILES string of the molecule is Cc1nn(C)c(Cl)c1C(=O)n1nc(-c2ccccc2Cl)c(C#N)c1N. The first-order chi connectivity index (χ1) is 11.9. The maximum Gasteiger partial charge on any atom is 0.285 e. The fourth-order valence-electron chi connectivity index (χ4n) is 2.52. The van der Waals surface area contributed by atoms with Crippen LogP contribution in [0.3, 0.4) is 0 Å². The molecular formula is C16H12Cl2N6O. The lowest BCUT2D eigenvalue weighted by Crippen LogP contribution is -2.17. The molecule has 7 nitrogen and oxygen atoms in total. The van der Waals surface area contributed by atoms with Gasteiger partial charge in [0.05, 0.1) is 10.7 Å². The lowest BCUT2D eigenvalue weighted by Gasteiger charge is -2.02.